The SMILES string of the molecule is Cc1nn(C)c2ncc(NC(=O)CSc3ccc(Br)cc3)cc12. The van der Waals surface area contributed by atoms with Crippen molar-refractivity contribution in [3.63, 3.8) is 0 Å². The Hall–Kier alpha value is -1.86. The molecule has 0 aliphatic carbocycles. The van der Waals surface area contributed by atoms with Crippen molar-refractivity contribution in [3.05, 3.63) is 46.7 Å². The van der Waals surface area contributed by atoms with E-state index in [9.17, 15) is 4.79 Å². The molecule has 2 aromatic heterocycles. The van der Waals surface area contributed by atoms with Gasteiger partial charge in [-0.15, -0.1) is 11.8 Å². The molecule has 0 radical (unpaired) electrons. The monoisotopic (exact) mass is 390 g/mol. The number of aryl methyl sites for hydroxylation is 2. The van der Waals surface area contributed by atoms with Gasteiger partial charge in [-0.25, -0.2) is 4.98 Å². The van der Waals surface area contributed by atoms with Crippen molar-refractivity contribution >= 4 is 50.3 Å². The second kappa shape index (κ2) is 6.72. The van der Waals surface area contributed by atoms with Crippen LogP contribution < -0.4 is 5.32 Å². The van der Waals surface area contributed by atoms with E-state index in [4.69, 9.17) is 0 Å². The number of hydrogen-bond acceptors (Lipinski definition) is 4. The molecule has 0 aliphatic rings. The lowest BCUT2D eigenvalue weighted by Gasteiger charge is -2.05. The summed E-state index contributed by atoms with van der Waals surface area (Å²) in [5.41, 5.74) is 2.40. The smallest absolute Gasteiger partial charge is 0.234 e. The van der Waals surface area contributed by atoms with Crippen LogP contribution in [0, 0.1) is 6.92 Å². The first-order chi connectivity index (χ1) is 11.0. The minimum Gasteiger partial charge on any atom is -0.324 e. The van der Waals surface area contributed by atoms with E-state index in [1.165, 1.54) is 11.8 Å². The molecule has 0 atom stereocenters. The molecule has 0 saturated carbocycles. The van der Waals surface area contributed by atoms with Crippen molar-refractivity contribution in [2.75, 3.05) is 11.1 Å². The van der Waals surface area contributed by atoms with Gasteiger partial charge < -0.3 is 5.32 Å². The van der Waals surface area contributed by atoms with Crippen LogP contribution in [0.3, 0.4) is 0 Å². The second-order valence-corrected chi connectivity index (χ2v) is 7.06. The molecular formula is C16H15BrN4OS. The Morgan fingerprint density at radius 1 is 1.35 bits per heavy atom. The van der Waals surface area contributed by atoms with Gasteiger partial charge in [0, 0.05) is 21.8 Å². The van der Waals surface area contributed by atoms with Gasteiger partial charge in [-0.3, -0.25) is 9.48 Å². The Kier molecular flexibility index (Phi) is 4.68. The molecule has 0 fully saturated rings. The molecule has 7 heteroatoms. The van der Waals surface area contributed by atoms with Crippen LogP contribution in [0.2, 0.25) is 0 Å². The van der Waals surface area contributed by atoms with Crippen LogP contribution in [0.5, 0.6) is 0 Å². The Morgan fingerprint density at radius 3 is 2.83 bits per heavy atom. The van der Waals surface area contributed by atoms with Crippen LogP contribution in [0.15, 0.2) is 45.9 Å². The molecule has 1 amide bonds. The number of nitrogens with zero attached hydrogens (tertiary/aromatic N) is 3. The van der Waals surface area contributed by atoms with Gasteiger partial charge in [-0.05, 0) is 37.3 Å². The highest BCUT2D eigenvalue weighted by atomic mass is 79.9. The predicted octanol–water partition coefficient (Wildman–Crippen LogP) is 3.77. The van der Waals surface area contributed by atoms with Crippen LogP contribution in [0.4, 0.5) is 5.69 Å². The largest absolute Gasteiger partial charge is 0.324 e. The van der Waals surface area contributed by atoms with E-state index in [1.807, 2.05) is 44.3 Å². The van der Waals surface area contributed by atoms with Gasteiger partial charge in [0.05, 0.1) is 23.3 Å². The maximum Gasteiger partial charge on any atom is 0.234 e. The summed E-state index contributed by atoms with van der Waals surface area (Å²) < 4.78 is 2.76. The quantitative estimate of drug-likeness (QED) is 0.688. The number of carbonyl (C=O) groups excluding carboxylic acids is 1. The average Bonchev–Trinajstić information content (AvgIpc) is 2.81. The van der Waals surface area contributed by atoms with Gasteiger partial charge in [0.25, 0.3) is 0 Å². The van der Waals surface area contributed by atoms with Crippen molar-refractivity contribution < 1.29 is 4.79 Å². The maximum atomic E-state index is 12.1. The molecule has 0 bridgehead atoms. The van der Waals surface area contributed by atoms with Crippen LogP contribution >= 0.6 is 27.7 Å². The van der Waals surface area contributed by atoms with E-state index >= 15 is 0 Å². The lowest BCUT2D eigenvalue weighted by molar-refractivity contribution is -0.113. The number of rotatable bonds is 4. The third-order valence-electron chi connectivity index (χ3n) is 3.33. The third kappa shape index (κ3) is 3.73. The van der Waals surface area contributed by atoms with Gasteiger partial charge >= 0.3 is 0 Å². The molecule has 0 aliphatic heterocycles. The molecule has 0 saturated heterocycles. The number of carbonyl (C=O) groups is 1. The van der Waals surface area contributed by atoms with Gasteiger partial charge in [-0.2, -0.15) is 5.10 Å². The summed E-state index contributed by atoms with van der Waals surface area (Å²) in [6.07, 6.45) is 1.66. The molecule has 0 spiro atoms. The Balaban J connectivity index is 1.65. The Bertz CT molecular complexity index is 860. The van der Waals surface area contributed by atoms with Crippen LogP contribution in [0.1, 0.15) is 5.69 Å². The number of pyridine rings is 1. The standard InChI is InChI=1S/C16H15BrN4OS/c1-10-14-7-12(8-18-16(14)21(2)20-10)19-15(22)9-23-13-5-3-11(17)4-6-13/h3-8H,9H2,1-2H3,(H,19,22). The molecule has 1 N–H and O–H groups in total. The van der Waals surface area contributed by atoms with E-state index in [-0.39, 0.29) is 5.91 Å². The predicted molar refractivity (Wildman–Crippen MR) is 96.7 cm³/mol. The number of amides is 1. The Labute approximate surface area is 146 Å². The van der Waals surface area contributed by atoms with Crippen molar-refractivity contribution in [2.24, 2.45) is 7.05 Å². The first kappa shape index (κ1) is 16.0. The molecule has 2 heterocycles. The fourth-order valence-corrected chi connectivity index (χ4v) is 3.22. The molecule has 5 nitrogen and oxygen atoms in total. The van der Waals surface area contributed by atoms with Gasteiger partial charge in [-0.1, -0.05) is 15.9 Å². The van der Waals surface area contributed by atoms with E-state index in [0.29, 0.717) is 11.4 Å². The highest BCUT2D eigenvalue weighted by Gasteiger charge is 2.09. The normalized spacial score (nSPS) is 10.9. The van der Waals surface area contributed by atoms with E-state index in [2.05, 4.69) is 31.3 Å². The fourth-order valence-electron chi connectivity index (χ4n) is 2.25. The van der Waals surface area contributed by atoms with Crippen LogP contribution in [-0.2, 0) is 11.8 Å². The van der Waals surface area contributed by atoms with Crippen molar-refractivity contribution in [1.29, 1.82) is 0 Å². The van der Waals surface area contributed by atoms with Gasteiger partial charge in [0.15, 0.2) is 5.65 Å². The van der Waals surface area contributed by atoms with E-state index < -0.39 is 0 Å². The molecular weight excluding hydrogens is 376 g/mol. The summed E-state index contributed by atoms with van der Waals surface area (Å²) in [5.74, 6) is 0.298. The summed E-state index contributed by atoms with van der Waals surface area (Å²) in [7, 11) is 1.86. The number of halogens is 1. The highest BCUT2D eigenvalue weighted by molar-refractivity contribution is 9.10. The second-order valence-electron chi connectivity index (χ2n) is 5.09. The molecule has 23 heavy (non-hydrogen) atoms. The summed E-state index contributed by atoms with van der Waals surface area (Å²) in [6.45, 7) is 1.93. The molecule has 3 rings (SSSR count). The van der Waals surface area contributed by atoms with E-state index in [0.717, 1.165) is 26.1 Å². The maximum absolute atomic E-state index is 12.1. The summed E-state index contributed by atoms with van der Waals surface area (Å²) in [5, 5.41) is 8.16. The minimum atomic E-state index is -0.0550. The van der Waals surface area contributed by atoms with Crippen LogP contribution in [0.25, 0.3) is 11.0 Å². The average molecular weight is 391 g/mol. The minimum absolute atomic E-state index is 0.0550. The lowest BCUT2D eigenvalue weighted by atomic mass is 10.2. The Morgan fingerprint density at radius 2 is 2.09 bits per heavy atom. The van der Waals surface area contributed by atoms with Gasteiger partial charge in [0.2, 0.25) is 5.91 Å². The number of hydrogen-bond donors (Lipinski definition) is 1. The molecule has 3 aromatic rings. The lowest BCUT2D eigenvalue weighted by Crippen LogP contribution is -2.14. The summed E-state index contributed by atoms with van der Waals surface area (Å²) in [4.78, 5) is 17.5. The molecule has 1 aromatic carbocycles. The van der Waals surface area contributed by atoms with Crippen molar-refractivity contribution in [1.82, 2.24) is 14.8 Å². The van der Waals surface area contributed by atoms with Crippen LogP contribution in [-0.4, -0.2) is 26.4 Å². The fraction of sp³-hybridized carbons (Fsp3) is 0.188. The zero-order valence-corrected chi connectivity index (χ0v) is 15.1. The summed E-state index contributed by atoms with van der Waals surface area (Å²) >= 11 is 4.89. The van der Waals surface area contributed by atoms with Gasteiger partial charge in [0.1, 0.15) is 0 Å². The number of benzene rings is 1. The van der Waals surface area contributed by atoms with Crippen molar-refractivity contribution in [2.45, 2.75) is 11.8 Å². The zero-order chi connectivity index (χ0) is 16.4. The number of aromatic nitrogens is 3. The van der Waals surface area contributed by atoms with Crippen molar-refractivity contribution in [3.8, 4) is 0 Å². The first-order valence-corrected chi connectivity index (χ1v) is 8.78. The van der Waals surface area contributed by atoms with E-state index in [1.54, 1.807) is 10.9 Å². The first-order valence-electron chi connectivity index (χ1n) is 7.00. The zero-order valence-electron chi connectivity index (χ0n) is 12.7. The number of nitrogens with one attached hydrogen (secondary N) is 1. The number of thioether (sulfide) groups is 1. The highest BCUT2D eigenvalue weighted by Crippen LogP contribution is 2.22. The topological polar surface area (TPSA) is 59.8 Å². The summed E-state index contributed by atoms with van der Waals surface area (Å²) in [6, 6.07) is 9.79. The number of fused-ring (bicyclic) bond motifs is 1. The molecule has 118 valence electrons. The third-order valence-corrected chi connectivity index (χ3v) is 4.87. The number of anilines is 1. The molecule has 0 unspecified atom stereocenters.